The monoisotopic (exact) mass is 226 g/mol. The lowest BCUT2D eigenvalue weighted by molar-refractivity contribution is -0.150. The van der Waals surface area contributed by atoms with Crippen molar-refractivity contribution in [2.75, 3.05) is 20.2 Å². The fourth-order valence-corrected chi connectivity index (χ4v) is 2.19. The second-order valence-corrected chi connectivity index (χ2v) is 4.02. The molecule has 0 aromatic carbocycles. The zero-order valence-electron chi connectivity index (χ0n) is 9.61. The molecule has 90 valence electrons. The van der Waals surface area contributed by atoms with E-state index < -0.39 is 5.54 Å². The molecule has 16 heavy (non-hydrogen) atoms. The van der Waals surface area contributed by atoms with E-state index in [2.05, 4.69) is 15.3 Å². The standard InChI is InChI=1S/C10H18N4O2/c1-16-9(15)10(5-3-2-4-6-10)12-7-8-13-14-11/h12H,2-8H2,1H3. The van der Waals surface area contributed by atoms with E-state index in [1.54, 1.807) is 0 Å². The molecule has 0 bridgehead atoms. The Morgan fingerprint density at radius 3 is 2.75 bits per heavy atom. The lowest BCUT2D eigenvalue weighted by Crippen LogP contribution is -2.54. The van der Waals surface area contributed by atoms with Crippen LogP contribution < -0.4 is 5.32 Å². The van der Waals surface area contributed by atoms with Gasteiger partial charge in [-0.25, -0.2) is 0 Å². The van der Waals surface area contributed by atoms with Gasteiger partial charge in [0.05, 0.1) is 7.11 Å². The molecule has 0 unspecified atom stereocenters. The number of rotatable bonds is 5. The molecule has 0 heterocycles. The highest BCUT2D eigenvalue weighted by Crippen LogP contribution is 2.29. The van der Waals surface area contributed by atoms with Crippen LogP contribution in [-0.4, -0.2) is 31.7 Å². The molecule has 1 saturated carbocycles. The van der Waals surface area contributed by atoms with Gasteiger partial charge in [-0.15, -0.1) is 0 Å². The Hall–Kier alpha value is -1.26. The highest BCUT2D eigenvalue weighted by atomic mass is 16.5. The highest BCUT2D eigenvalue weighted by Gasteiger charge is 2.39. The lowest BCUT2D eigenvalue weighted by atomic mass is 9.81. The van der Waals surface area contributed by atoms with Gasteiger partial charge in [-0.05, 0) is 18.4 Å². The highest BCUT2D eigenvalue weighted by molar-refractivity contribution is 5.80. The number of methoxy groups -OCH3 is 1. The van der Waals surface area contributed by atoms with Crippen LogP contribution in [0.5, 0.6) is 0 Å². The van der Waals surface area contributed by atoms with Crippen molar-refractivity contribution in [3.05, 3.63) is 10.4 Å². The van der Waals surface area contributed by atoms with Crippen molar-refractivity contribution in [3.8, 4) is 0 Å². The smallest absolute Gasteiger partial charge is 0.326 e. The molecule has 0 saturated heterocycles. The minimum atomic E-state index is -0.558. The Morgan fingerprint density at radius 1 is 1.50 bits per heavy atom. The van der Waals surface area contributed by atoms with Gasteiger partial charge < -0.3 is 10.1 Å². The van der Waals surface area contributed by atoms with Gasteiger partial charge >= 0.3 is 5.97 Å². The third-order valence-corrected chi connectivity index (χ3v) is 3.02. The Morgan fingerprint density at radius 2 is 2.19 bits per heavy atom. The Balaban J connectivity index is 2.55. The van der Waals surface area contributed by atoms with Gasteiger partial charge in [0.25, 0.3) is 0 Å². The summed E-state index contributed by atoms with van der Waals surface area (Å²) in [5.41, 5.74) is 7.60. The number of hydrogen-bond donors (Lipinski definition) is 1. The molecule has 1 rings (SSSR count). The number of nitrogens with zero attached hydrogens (tertiary/aromatic N) is 3. The van der Waals surface area contributed by atoms with Crippen LogP contribution in [0.1, 0.15) is 32.1 Å². The molecule has 1 fully saturated rings. The van der Waals surface area contributed by atoms with Crippen LogP contribution >= 0.6 is 0 Å². The van der Waals surface area contributed by atoms with Crippen molar-refractivity contribution >= 4 is 5.97 Å². The summed E-state index contributed by atoms with van der Waals surface area (Å²) in [7, 11) is 1.41. The second-order valence-electron chi connectivity index (χ2n) is 4.02. The number of nitrogens with one attached hydrogen (secondary N) is 1. The molecule has 0 spiro atoms. The summed E-state index contributed by atoms with van der Waals surface area (Å²) in [6.45, 7) is 0.869. The fourth-order valence-electron chi connectivity index (χ4n) is 2.19. The average molecular weight is 226 g/mol. The minimum absolute atomic E-state index is 0.201. The minimum Gasteiger partial charge on any atom is -0.468 e. The van der Waals surface area contributed by atoms with Crippen LogP contribution in [0.3, 0.4) is 0 Å². The molecule has 0 aromatic heterocycles. The number of azide groups is 1. The van der Waals surface area contributed by atoms with E-state index >= 15 is 0 Å². The van der Waals surface area contributed by atoms with Crippen molar-refractivity contribution in [1.29, 1.82) is 0 Å². The molecule has 0 atom stereocenters. The third kappa shape index (κ3) is 3.12. The summed E-state index contributed by atoms with van der Waals surface area (Å²) in [5.74, 6) is -0.201. The third-order valence-electron chi connectivity index (χ3n) is 3.02. The van der Waals surface area contributed by atoms with Crippen LogP contribution in [0.4, 0.5) is 0 Å². The van der Waals surface area contributed by atoms with Gasteiger partial charge in [0, 0.05) is 18.0 Å². The zero-order chi connectivity index (χ0) is 11.9. The van der Waals surface area contributed by atoms with Crippen LogP contribution in [0.15, 0.2) is 5.11 Å². The molecule has 6 nitrogen and oxygen atoms in total. The molecule has 1 aliphatic rings. The van der Waals surface area contributed by atoms with Crippen molar-refractivity contribution in [3.63, 3.8) is 0 Å². The quantitative estimate of drug-likeness (QED) is 0.255. The summed E-state index contributed by atoms with van der Waals surface area (Å²) < 4.78 is 4.85. The number of carbonyl (C=O) groups excluding carboxylic acids is 1. The topological polar surface area (TPSA) is 87.1 Å². The Kier molecular flexibility index (Phi) is 5.08. The normalized spacial score (nSPS) is 18.6. The summed E-state index contributed by atoms with van der Waals surface area (Å²) >= 11 is 0. The lowest BCUT2D eigenvalue weighted by Gasteiger charge is -2.35. The van der Waals surface area contributed by atoms with Gasteiger partial charge in [0.1, 0.15) is 5.54 Å². The van der Waals surface area contributed by atoms with E-state index in [0.29, 0.717) is 13.1 Å². The van der Waals surface area contributed by atoms with Gasteiger partial charge in [0.15, 0.2) is 0 Å². The maximum Gasteiger partial charge on any atom is 0.326 e. The average Bonchev–Trinajstić information content (AvgIpc) is 2.35. The number of esters is 1. The summed E-state index contributed by atoms with van der Waals surface area (Å²) in [5, 5.41) is 6.62. The van der Waals surface area contributed by atoms with Crippen molar-refractivity contribution in [2.24, 2.45) is 5.11 Å². The molecule has 0 aromatic rings. The Labute approximate surface area is 95.0 Å². The summed E-state index contributed by atoms with van der Waals surface area (Å²) in [6, 6.07) is 0. The first kappa shape index (κ1) is 12.8. The maximum absolute atomic E-state index is 11.8. The van der Waals surface area contributed by atoms with Crippen LogP contribution in [0.25, 0.3) is 10.4 Å². The second kappa shape index (κ2) is 6.35. The number of hydrogen-bond acceptors (Lipinski definition) is 4. The van der Waals surface area contributed by atoms with E-state index in [-0.39, 0.29) is 5.97 Å². The van der Waals surface area contributed by atoms with Crippen LogP contribution in [0.2, 0.25) is 0 Å². The predicted molar refractivity (Wildman–Crippen MR) is 59.8 cm³/mol. The predicted octanol–water partition coefficient (Wildman–Crippen LogP) is 1.76. The van der Waals surface area contributed by atoms with Crippen molar-refractivity contribution < 1.29 is 9.53 Å². The van der Waals surface area contributed by atoms with Crippen LogP contribution in [-0.2, 0) is 9.53 Å². The largest absolute Gasteiger partial charge is 0.468 e. The summed E-state index contributed by atoms with van der Waals surface area (Å²) in [4.78, 5) is 14.4. The van der Waals surface area contributed by atoms with Gasteiger partial charge in [-0.2, -0.15) is 0 Å². The molecule has 6 heteroatoms. The van der Waals surface area contributed by atoms with E-state index in [9.17, 15) is 4.79 Å². The van der Waals surface area contributed by atoms with E-state index in [4.69, 9.17) is 10.3 Å². The SMILES string of the molecule is COC(=O)C1(NCCN=[N+]=[N-])CCCCC1. The first-order chi connectivity index (χ1) is 7.75. The van der Waals surface area contributed by atoms with Crippen molar-refractivity contribution in [2.45, 2.75) is 37.6 Å². The van der Waals surface area contributed by atoms with Crippen LogP contribution in [0, 0.1) is 0 Å². The van der Waals surface area contributed by atoms with E-state index in [1.165, 1.54) is 7.11 Å². The molecular formula is C10H18N4O2. The molecular weight excluding hydrogens is 208 g/mol. The fraction of sp³-hybridized carbons (Fsp3) is 0.900. The molecule has 1 aliphatic carbocycles. The van der Waals surface area contributed by atoms with Gasteiger partial charge in [-0.3, -0.25) is 4.79 Å². The number of carbonyl (C=O) groups is 1. The molecule has 0 aliphatic heterocycles. The zero-order valence-corrected chi connectivity index (χ0v) is 9.61. The first-order valence-corrected chi connectivity index (χ1v) is 5.59. The molecule has 1 N–H and O–H groups in total. The Bertz CT molecular complexity index is 281. The van der Waals surface area contributed by atoms with Crippen molar-refractivity contribution in [1.82, 2.24) is 5.32 Å². The molecule has 0 amide bonds. The van der Waals surface area contributed by atoms with E-state index in [0.717, 1.165) is 32.1 Å². The van der Waals surface area contributed by atoms with E-state index in [1.807, 2.05) is 0 Å². The first-order valence-electron chi connectivity index (χ1n) is 5.59. The number of ether oxygens (including phenoxy) is 1. The maximum atomic E-state index is 11.8. The summed E-state index contributed by atoms with van der Waals surface area (Å²) in [6.07, 6.45) is 4.83. The van der Waals surface area contributed by atoms with Gasteiger partial charge in [0.2, 0.25) is 0 Å². The van der Waals surface area contributed by atoms with Gasteiger partial charge in [-0.1, -0.05) is 24.4 Å². The molecule has 0 radical (unpaired) electrons.